The minimum atomic E-state index is -0.275. The topological polar surface area (TPSA) is 78.9 Å². The third-order valence-electron chi connectivity index (χ3n) is 5.16. The van der Waals surface area contributed by atoms with E-state index < -0.39 is 0 Å². The van der Waals surface area contributed by atoms with Crippen LogP contribution in [0.1, 0.15) is 18.4 Å². The van der Waals surface area contributed by atoms with Crippen molar-refractivity contribution in [3.05, 3.63) is 71.1 Å². The van der Waals surface area contributed by atoms with Gasteiger partial charge in [0, 0.05) is 24.8 Å². The molecular formula is C23H23ClFN5O. The van der Waals surface area contributed by atoms with Gasteiger partial charge >= 0.3 is 0 Å². The van der Waals surface area contributed by atoms with Crippen LogP contribution in [0, 0.1) is 11.7 Å². The summed E-state index contributed by atoms with van der Waals surface area (Å²) in [6.45, 7) is 2.06. The van der Waals surface area contributed by atoms with Crippen molar-refractivity contribution in [3.63, 3.8) is 0 Å². The Bertz CT molecular complexity index is 1070. The fraction of sp³-hybridized carbons (Fsp3) is 0.261. The van der Waals surface area contributed by atoms with Crippen LogP contribution < -0.4 is 16.0 Å². The molecular weight excluding hydrogens is 417 g/mol. The van der Waals surface area contributed by atoms with E-state index in [2.05, 4.69) is 25.9 Å². The molecule has 3 aromatic rings. The highest BCUT2D eigenvalue weighted by Gasteiger charge is 2.21. The van der Waals surface area contributed by atoms with Gasteiger partial charge in [0.05, 0.1) is 16.6 Å². The molecule has 6 nitrogen and oxygen atoms in total. The zero-order valence-electron chi connectivity index (χ0n) is 16.9. The number of halogens is 2. The van der Waals surface area contributed by atoms with E-state index in [-0.39, 0.29) is 17.6 Å². The van der Waals surface area contributed by atoms with Crippen LogP contribution in [-0.4, -0.2) is 29.0 Å². The van der Waals surface area contributed by atoms with Gasteiger partial charge in [-0.3, -0.25) is 4.79 Å². The van der Waals surface area contributed by atoms with Crippen LogP contribution in [-0.2, 0) is 11.3 Å². The zero-order valence-corrected chi connectivity index (χ0v) is 17.6. The number of nitrogens with zero attached hydrogens (tertiary/aromatic N) is 2. The fourth-order valence-corrected chi connectivity index (χ4v) is 3.73. The Hall–Kier alpha value is -3.03. The minimum absolute atomic E-state index is 0.0496. The Kier molecular flexibility index (Phi) is 6.74. The van der Waals surface area contributed by atoms with Crippen LogP contribution in [0.4, 0.5) is 16.0 Å². The molecule has 1 aliphatic rings. The molecule has 160 valence electrons. The molecule has 0 radical (unpaired) electrons. The number of piperidine rings is 1. The highest BCUT2D eigenvalue weighted by molar-refractivity contribution is 6.33. The minimum Gasteiger partial charge on any atom is -0.366 e. The summed E-state index contributed by atoms with van der Waals surface area (Å²) in [5.41, 5.74) is 2.13. The van der Waals surface area contributed by atoms with Gasteiger partial charge in [0.15, 0.2) is 0 Å². The molecule has 3 N–H and O–H groups in total. The summed E-state index contributed by atoms with van der Waals surface area (Å²) >= 11 is 6.37. The molecule has 1 aliphatic heterocycles. The predicted octanol–water partition coefficient (Wildman–Crippen LogP) is 4.49. The molecule has 3 heterocycles. The summed E-state index contributed by atoms with van der Waals surface area (Å²) in [4.78, 5) is 21.4. The maximum Gasteiger partial charge on any atom is 0.229 e. The molecule has 4 rings (SSSR count). The third-order valence-corrected chi connectivity index (χ3v) is 5.46. The smallest absolute Gasteiger partial charge is 0.229 e. The molecule has 1 unspecified atom stereocenters. The first-order valence-corrected chi connectivity index (χ1v) is 10.6. The first-order chi connectivity index (χ1) is 15.1. The quantitative estimate of drug-likeness (QED) is 0.527. The molecule has 1 saturated heterocycles. The molecule has 1 fully saturated rings. The van der Waals surface area contributed by atoms with Crippen molar-refractivity contribution in [1.29, 1.82) is 0 Å². The second-order valence-corrected chi connectivity index (χ2v) is 7.88. The summed E-state index contributed by atoms with van der Waals surface area (Å²) in [6.07, 6.45) is 3.36. The van der Waals surface area contributed by atoms with E-state index in [0.29, 0.717) is 41.0 Å². The van der Waals surface area contributed by atoms with Gasteiger partial charge in [-0.05, 0) is 55.3 Å². The van der Waals surface area contributed by atoms with Crippen molar-refractivity contribution in [2.75, 3.05) is 23.7 Å². The number of amides is 1. The summed E-state index contributed by atoms with van der Waals surface area (Å²) < 4.78 is 13.4. The van der Waals surface area contributed by atoms with Crippen LogP contribution in [0.15, 0.2) is 54.7 Å². The molecule has 2 aromatic heterocycles. The first kappa shape index (κ1) is 21.2. The normalized spacial score (nSPS) is 16.0. The highest BCUT2D eigenvalue weighted by atomic mass is 35.5. The van der Waals surface area contributed by atoms with Gasteiger partial charge in [-0.2, -0.15) is 0 Å². The summed E-state index contributed by atoms with van der Waals surface area (Å²) in [7, 11) is 0. The Balaban J connectivity index is 1.48. The molecule has 0 spiro atoms. The number of rotatable bonds is 6. The van der Waals surface area contributed by atoms with Gasteiger partial charge in [-0.25, -0.2) is 14.4 Å². The number of anilines is 2. The van der Waals surface area contributed by atoms with Gasteiger partial charge in [-0.1, -0.05) is 29.8 Å². The molecule has 8 heteroatoms. The van der Waals surface area contributed by atoms with E-state index in [9.17, 15) is 9.18 Å². The number of aromatic nitrogens is 2. The van der Waals surface area contributed by atoms with Gasteiger partial charge < -0.3 is 16.0 Å². The number of carbonyl (C=O) groups is 1. The molecule has 1 atom stereocenters. The predicted molar refractivity (Wildman–Crippen MR) is 120 cm³/mol. The van der Waals surface area contributed by atoms with Crippen LogP contribution >= 0.6 is 11.6 Å². The molecule has 0 saturated carbocycles. The second kappa shape index (κ2) is 9.85. The van der Waals surface area contributed by atoms with E-state index in [1.54, 1.807) is 12.1 Å². The Morgan fingerprint density at radius 3 is 2.87 bits per heavy atom. The standard InChI is InChI=1S/C23H23ClFN5O/c24-19-14-28-22(30-23(31)16-5-3-9-26-13-16)11-18(19)20-7-2-8-21(29-20)27-12-15-4-1-6-17(25)10-15/h1-2,4,6-8,10-11,14,16,26H,3,5,9,12-13H2,(H,27,29)(H,28,30,31). The summed E-state index contributed by atoms with van der Waals surface area (Å²) in [5, 5.41) is 9.76. The average Bonchev–Trinajstić information content (AvgIpc) is 2.80. The van der Waals surface area contributed by atoms with Crippen LogP contribution in [0.2, 0.25) is 5.02 Å². The lowest BCUT2D eigenvalue weighted by molar-refractivity contribution is -0.120. The average molecular weight is 440 g/mol. The Labute approximate surface area is 185 Å². The maximum atomic E-state index is 13.4. The zero-order chi connectivity index (χ0) is 21.6. The fourth-order valence-electron chi connectivity index (χ4n) is 3.53. The Morgan fingerprint density at radius 1 is 1.19 bits per heavy atom. The van der Waals surface area contributed by atoms with Crippen molar-refractivity contribution in [2.45, 2.75) is 19.4 Å². The number of hydrogen-bond acceptors (Lipinski definition) is 5. The SMILES string of the molecule is O=C(Nc1cc(-c2cccc(NCc3cccc(F)c3)n2)c(Cl)cn1)C1CCCNC1. The van der Waals surface area contributed by atoms with Crippen LogP contribution in [0.5, 0.6) is 0 Å². The van der Waals surface area contributed by atoms with Gasteiger partial charge in [-0.15, -0.1) is 0 Å². The van der Waals surface area contributed by atoms with Crippen molar-refractivity contribution >= 4 is 29.1 Å². The van der Waals surface area contributed by atoms with Crippen molar-refractivity contribution < 1.29 is 9.18 Å². The number of benzene rings is 1. The van der Waals surface area contributed by atoms with Crippen LogP contribution in [0.25, 0.3) is 11.3 Å². The summed E-state index contributed by atoms with van der Waals surface area (Å²) in [5.74, 6) is 0.682. The number of hydrogen-bond donors (Lipinski definition) is 3. The monoisotopic (exact) mass is 439 g/mol. The van der Waals surface area contributed by atoms with Crippen LogP contribution in [0.3, 0.4) is 0 Å². The molecule has 1 amide bonds. The lowest BCUT2D eigenvalue weighted by Crippen LogP contribution is -2.37. The Morgan fingerprint density at radius 2 is 2.06 bits per heavy atom. The van der Waals surface area contributed by atoms with Gasteiger partial charge in [0.1, 0.15) is 17.5 Å². The van der Waals surface area contributed by atoms with Gasteiger partial charge in [0.2, 0.25) is 5.91 Å². The van der Waals surface area contributed by atoms with E-state index >= 15 is 0 Å². The largest absolute Gasteiger partial charge is 0.366 e. The molecule has 31 heavy (non-hydrogen) atoms. The number of pyridine rings is 2. The molecule has 0 bridgehead atoms. The van der Waals surface area contributed by atoms with E-state index in [1.165, 1.54) is 18.3 Å². The van der Waals surface area contributed by atoms with Crippen molar-refractivity contribution in [2.24, 2.45) is 5.92 Å². The van der Waals surface area contributed by atoms with Crippen molar-refractivity contribution in [1.82, 2.24) is 15.3 Å². The number of nitrogens with one attached hydrogen (secondary N) is 3. The number of carbonyl (C=O) groups excluding carboxylic acids is 1. The first-order valence-electron chi connectivity index (χ1n) is 10.2. The van der Waals surface area contributed by atoms with E-state index in [1.807, 2.05) is 24.3 Å². The van der Waals surface area contributed by atoms with Crippen molar-refractivity contribution in [3.8, 4) is 11.3 Å². The molecule has 0 aliphatic carbocycles. The van der Waals surface area contributed by atoms with Gasteiger partial charge in [0.25, 0.3) is 0 Å². The summed E-state index contributed by atoms with van der Waals surface area (Å²) in [6, 6.07) is 13.7. The molecule has 1 aromatic carbocycles. The third kappa shape index (κ3) is 5.57. The lowest BCUT2D eigenvalue weighted by atomic mass is 9.99. The van der Waals surface area contributed by atoms with E-state index in [0.717, 1.165) is 24.9 Å². The second-order valence-electron chi connectivity index (χ2n) is 7.47. The maximum absolute atomic E-state index is 13.4. The van der Waals surface area contributed by atoms with E-state index in [4.69, 9.17) is 11.6 Å². The lowest BCUT2D eigenvalue weighted by Gasteiger charge is -2.21. The highest BCUT2D eigenvalue weighted by Crippen LogP contribution is 2.29.